The Labute approximate surface area is 235 Å². The van der Waals surface area contributed by atoms with Crippen LogP contribution in [0.5, 0.6) is 5.75 Å². The number of methoxy groups -OCH3 is 1. The Kier molecular flexibility index (Phi) is 9.99. The van der Waals surface area contributed by atoms with Crippen LogP contribution in [-0.4, -0.2) is 50.9 Å². The van der Waals surface area contributed by atoms with Gasteiger partial charge in [0.25, 0.3) is 10.0 Å². The molecule has 0 saturated carbocycles. The minimum absolute atomic E-state index is 0.0201. The fourth-order valence-corrected chi connectivity index (χ4v) is 5.52. The van der Waals surface area contributed by atoms with Gasteiger partial charge in [-0.05, 0) is 75.7 Å². The van der Waals surface area contributed by atoms with Gasteiger partial charge < -0.3 is 15.0 Å². The SMILES string of the molecule is COc1ccc(N(CC(=O)N(Cc2ccccc2Cl)[C@@H](C)C(=O)NC(C)C)S(=O)(=O)c2ccc(C)cc2)cc1. The molecule has 3 aromatic rings. The second-order valence-electron chi connectivity index (χ2n) is 9.48. The second kappa shape index (κ2) is 13.0. The maximum absolute atomic E-state index is 13.9. The van der Waals surface area contributed by atoms with Gasteiger partial charge in [-0.1, -0.05) is 47.5 Å². The third kappa shape index (κ3) is 7.52. The van der Waals surface area contributed by atoms with E-state index in [-0.39, 0.29) is 29.1 Å². The highest BCUT2D eigenvalue weighted by Gasteiger charge is 2.33. The average Bonchev–Trinajstić information content (AvgIpc) is 2.90. The van der Waals surface area contributed by atoms with Gasteiger partial charge in [-0.2, -0.15) is 0 Å². The zero-order chi connectivity index (χ0) is 28.7. The van der Waals surface area contributed by atoms with Gasteiger partial charge in [-0.3, -0.25) is 13.9 Å². The molecule has 1 atom stereocenters. The summed E-state index contributed by atoms with van der Waals surface area (Å²) in [5.41, 5.74) is 1.81. The summed E-state index contributed by atoms with van der Waals surface area (Å²) in [5, 5.41) is 3.26. The minimum Gasteiger partial charge on any atom is -0.497 e. The van der Waals surface area contributed by atoms with Crippen molar-refractivity contribution in [3.8, 4) is 5.75 Å². The van der Waals surface area contributed by atoms with Crippen LogP contribution in [0.15, 0.2) is 77.7 Å². The fraction of sp³-hybridized carbons (Fsp3) is 0.310. The molecule has 1 N–H and O–H groups in total. The number of hydrogen-bond donors (Lipinski definition) is 1. The molecule has 2 amide bonds. The Hall–Kier alpha value is -3.56. The number of halogens is 1. The van der Waals surface area contributed by atoms with Gasteiger partial charge in [0.2, 0.25) is 11.8 Å². The number of benzene rings is 3. The molecule has 0 fully saturated rings. The van der Waals surface area contributed by atoms with Crippen molar-refractivity contribution in [1.29, 1.82) is 0 Å². The molecule has 0 radical (unpaired) electrons. The first-order valence-corrected chi connectivity index (χ1v) is 14.3. The summed E-state index contributed by atoms with van der Waals surface area (Å²) in [5.74, 6) is -0.382. The molecule has 208 valence electrons. The van der Waals surface area contributed by atoms with E-state index in [0.29, 0.717) is 16.3 Å². The molecule has 0 aliphatic carbocycles. The molecule has 10 heteroatoms. The molecule has 0 unspecified atom stereocenters. The molecule has 8 nitrogen and oxygen atoms in total. The topological polar surface area (TPSA) is 96.0 Å². The first kappa shape index (κ1) is 30.0. The van der Waals surface area contributed by atoms with Crippen LogP contribution < -0.4 is 14.4 Å². The lowest BCUT2D eigenvalue weighted by Gasteiger charge is -2.32. The van der Waals surface area contributed by atoms with Crippen LogP contribution in [-0.2, 0) is 26.2 Å². The lowest BCUT2D eigenvalue weighted by molar-refractivity contribution is -0.139. The zero-order valence-corrected chi connectivity index (χ0v) is 24.3. The molecule has 0 bridgehead atoms. The number of nitrogens with one attached hydrogen (secondary N) is 1. The molecule has 0 aromatic heterocycles. The Bertz CT molecular complexity index is 1390. The van der Waals surface area contributed by atoms with E-state index >= 15 is 0 Å². The summed E-state index contributed by atoms with van der Waals surface area (Å²) < 4.78 is 34.0. The van der Waals surface area contributed by atoms with Crippen molar-refractivity contribution >= 4 is 39.1 Å². The molecule has 3 rings (SSSR count). The van der Waals surface area contributed by atoms with E-state index in [9.17, 15) is 18.0 Å². The van der Waals surface area contributed by atoms with Crippen LogP contribution in [0.25, 0.3) is 0 Å². The van der Waals surface area contributed by atoms with E-state index < -0.39 is 28.5 Å². The van der Waals surface area contributed by atoms with Crippen LogP contribution in [0.3, 0.4) is 0 Å². The lowest BCUT2D eigenvalue weighted by atomic mass is 10.1. The molecule has 3 aromatic carbocycles. The minimum atomic E-state index is -4.15. The summed E-state index contributed by atoms with van der Waals surface area (Å²) in [6.45, 7) is 6.60. The summed E-state index contributed by atoms with van der Waals surface area (Å²) in [6.07, 6.45) is 0. The highest BCUT2D eigenvalue weighted by atomic mass is 35.5. The maximum atomic E-state index is 13.9. The smallest absolute Gasteiger partial charge is 0.264 e. The van der Waals surface area contributed by atoms with Gasteiger partial charge in [-0.25, -0.2) is 8.42 Å². The van der Waals surface area contributed by atoms with Crippen LogP contribution in [0.4, 0.5) is 5.69 Å². The number of aryl methyl sites for hydroxylation is 1. The van der Waals surface area contributed by atoms with Crippen molar-refractivity contribution in [3.05, 3.63) is 88.9 Å². The first-order chi connectivity index (χ1) is 18.4. The molecule has 0 spiro atoms. The fourth-order valence-electron chi connectivity index (χ4n) is 3.91. The van der Waals surface area contributed by atoms with Gasteiger partial charge in [-0.15, -0.1) is 0 Å². The van der Waals surface area contributed by atoms with E-state index in [1.165, 1.54) is 24.1 Å². The number of nitrogens with zero attached hydrogens (tertiary/aromatic N) is 2. The Morgan fingerprint density at radius 3 is 2.13 bits per heavy atom. The van der Waals surface area contributed by atoms with Crippen molar-refractivity contribution < 1.29 is 22.7 Å². The number of sulfonamides is 1. The third-order valence-electron chi connectivity index (χ3n) is 6.15. The van der Waals surface area contributed by atoms with Crippen molar-refractivity contribution in [3.63, 3.8) is 0 Å². The van der Waals surface area contributed by atoms with Crippen molar-refractivity contribution in [2.75, 3.05) is 18.0 Å². The van der Waals surface area contributed by atoms with E-state index in [4.69, 9.17) is 16.3 Å². The summed E-state index contributed by atoms with van der Waals surface area (Å²) in [4.78, 5) is 28.3. The van der Waals surface area contributed by atoms with E-state index in [1.54, 1.807) is 67.6 Å². The van der Waals surface area contributed by atoms with Gasteiger partial charge in [0, 0.05) is 17.6 Å². The molecular formula is C29H34ClN3O5S. The van der Waals surface area contributed by atoms with Crippen molar-refractivity contribution in [1.82, 2.24) is 10.2 Å². The monoisotopic (exact) mass is 571 g/mol. The molecule has 0 aliphatic heterocycles. The predicted molar refractivity (Wildman–Crippen MR) is 153 cm³/mol. The van der Waals surface area contributed by atoms with Crippen molar-refractivity contribution in [2.45, 2.75) is 51.2 Å². The number of rotatable bonds is 11. The van der Waals surface area contributed by atoms with Gasteiger partial charge in [0.1, 0.15) is 18.3 Å². The first-order valence-electron chi connectivity index (χ1n) is 12.5. The normalized spacial score (nSPS) is 12.1. The Balaban J connectivity index is 2.04. The number of amides is 2. The summed E-state index contributed by atoms with van der Waals surface area (Å²) in [6, 6.07) is 18.8. The molecular weight excluding hydrogens is 538 g/mol. The van der Waals surface area contributed by atoms with Gasteiger partial charge >= 0.3 is 0 Å². The highest BCUT2D eigenvalue weighted by Crippen LogP contribution is 2.27. The van der Waals surface area contributed by atoms with Gasteiger partial charge in [0.05, 0.1) is 17.7 Å². The summed E-state index contributed by atoms with van der Waals surface area (Å²) >= 11 is 6.38. The largest absolute Gasteiger partial charge is 0.497 e. The second-order valence-corrected chi connectivity index (χ2v) is 11.7. The van der Waals surface area contributed by atoms with Gasteiger partial charge in [0.15, 0.2) is 0 Å². The Morgan fingerprint density at radius 1 is 0.949 bits per heavy atom. The number of carbonyl (C=O) groups is 2. The Morgan fingerprint density at radius 2 is 1.56 bits per heavy atom. The average molecular weight is 572 g/mol. The predicted octanol–water partition coefficient (Wildman–Crippen LogP) is 4.79. The molecule has 0 aliphatic rings. The quantitative estimate of drug-likeness (QED) is 0.357. The lowest BCUT2D eigenvalue weighted by Crippen LogP contribution is -2.52. The zero-order valence-electron chi connectivity index (χ0n) is 22.7. The van der Waals surface area contributed by atoms with Crippen LogP contribution >= 0.6 is 11.6 Å². The highest BCUT2D eigenvalue weighted by molar-refractivity contribution is 7.92. The number of ether oxygens (including phenoxy) is 1. The van der Waals surface area contributed by atoms with Crippen LogP contribution in [0.2, 0.25) is 5.02 Å². The van der Waals surface area contributed by atoms with Crippen LogP contribution in [0, 0.1) is 6.92 Å². The molecule has 39 heavy (non-hydrogen) atoms. The number of carbonyl (C=O) groups excluding carboxylic acids is 2. The maximum Gasteiger partial charge on any atom is 0.264 e. The number of hydrogen-bond acceptors (Lipinski definition) is 5. The van der Waals surface area contributed by atoms with Crippen molar-refractivity contribution in [2.24, 2.45) is 0 Å². The van der Waals surface area contributed by atoms with E-state index in [1.807, 2.05) is 20.8 Å². The third-order valence-corrected chi connectivity index (χ3v) is 8.30. The standard InChI is InChI=1S/C29H34ClN3O5S/c1-20(2)31-29(35)22(4)32(18-23-8-6-7-9-27(23)30)28(34)19-33(24-12-14-25(38-5)15-13-24)39(36,37)26-16-10-21(3)11-17-26/h6-17,20,22H,18-19H2,1-5H3,(H,31,35)/t22-/m0/s1. The van der Waals surface area contributed by atoms with E-state index in [2.05, 4.69) is 5.32 Å². The van der Waals surface area contributed by atoms with E-state index in [0.717, 1.165) is 9.87 Å². The van der Waals surface area contributed by atoms with Crippen LogP contribution in [0.1, 0.15) is 31.9 Å². The summed E-state index contributed by atoms with van der Waals surface area (Å²) in [7, 11) is -2.64. The molecule has 0 heterocycles. The number of anilines is 1. The molecule has 0 saturated heterocycles.